The van der Waals surface area contributed by atoms with Gasteiger partial charge in [0.1, 0.15) is 5.76 Å². The molecule has 1 heterocycles. The van der Waals surface area contributed by atoms with Crippen molar-refractivity contribution < 1.29 is 4.74 Å². The third-order valence-electron chi connectivity index (χ3n) is 3.43. The first-order valence-electron chi connectivity index (χ1n) is 6.17. The fourth-order valence-electron chi connectivity index (χ4n) is 2.34. The minimum atomic E-state index is 0.813. The van der Waals surface area contributed by atoms with Gasteiger partial charge in [-0.25, -0.2) is 0 Å². The van der Waals surface area contributed by atoms with Crippen molar-refractivity contribution in [3.63, 3.8) is 0 Å². The van der Waals surface area contributed by atoms with Crippen molar-refractivity contribution in [3.8, 4) is 0 Å². The van der Waals surface area contributed by atoms with E-state index in [2.05, 4.69) is 23.6 Å². The Balaban J connectivity index is 1.88. The Labute approximate surface area is 92.7 Å². The molecule has 0 bridgehead atoms. The Morgan fingerprint density at radius 2 is 1.80 bits per heavy atom. The van der Waals surface area contributed by atoms with Crippen LogP contribution in [0, 0.1) is 0 Å². The summed E-state index contributed by atoms with van der Waals surface area (Å²) < 4.78 is 5.62. The van der Waals surface area contributed by atoms with Crippen molar-refractivity contribution in [1.82, 2.24) is 9.80 Å². The maximum atomic E-state index is 5.62. The Kier molecular flexibility index (Phi) is 3.52. The Hall–Kier alpha value is -0.700. The van der Waals surface area contributed by atoms with E-state index in [0.29, 0.717) is 0 Å². The highest BCUT2D eigenvalue weighted by Gasteiger charge is 2.26. The molecule has 0 unspecified atom stereocenters. The molecule has 2 aliphatic rings. The number of allylic oxidation sites excluding steroid dienone is 2. The highest BCUT2D eigenvalue weighted by Crippen LogP contribution is 2.31. The molecule has 1 fully saturated rings. The molecule has 3 heteroatoms. The SMILES string of the molecule is CCOC1=C(N2CCN(CC)CC2)CC1. The van der Waals surface area contributed by atoms with Gasteiger partial charge >= 0.3 is 0 Å². The molecular weight excluding hydrogens is 188 g/mol. The molecule has 86 valence electrons. The van der Waals surface area contributed by atoms with Crippen molar-refractivity contribution in [1.29, 1.82) is 0 Å². The van der Waals surface area contributed by atoms with Crippen LogP contribution in [0.3, 0.4) is 0 Å². The molecule has 0 aromatic carbocycles. The van der Waals surface area contributed by atoms with Crippen molar-refractivity contribution in [2.45, 2.75) is 26.7 Å². The maximum absolute atomic E-state index is 5.62. The average Bonchev–Trinajstić information content (AvgIpc) is 2.25. The van der Waals surface area contributed by atoms with Gasteiger partial charge in [0.25, 0.3) is 0 Å². The van der Waals surface area contributed by atoms with E-state index in [1.54, 1.807) is 0 Å². The monoisotopic (exact) mass is 210 g/mol. The van der Waals surface area contributed by atoms with Crippen LogP contribution in [0.15, 0.2) is 11.5 Å². The standard InChI is InChI=1S/C12H22N2O/c1-3-13-7-9-14(10-8-13)11-5-6-12(11)15-4-2/h3-10H2,1-2H3. The number of likely N-dealkylation sites (N-methyl/N-ethyl adjacent to an activating group) is 1. The molecule has 0 N–H and O–H groups in total. The topological polar surface area (TPSA) is 15.7 Å². The van der Waals surface area contributed by atoms with Gasteiger partial charge in [-0.05, 0) is 19.9 Å². The molecule has 0 amide bonds. The van der Waals surface area contributed by atoms with Gasteiger partial charge < -0.3 is 14.5 Å². The minimum Gasteiger partial charge on any atom is -0.496 e. The van der Waals surface area contributed by atoms with E-state index < -0.39 is 0 Å². The van der Waals surface area contributed by atoms with E-state index in [0.717, 1.165) is 13.0 Å². The van der Waals surface area contributed by atoms with Crippen molar-refractivity contribution in [2.75, 3.05) is 39.3 Å². The summed E-state index contributed by atoms with van der Waals surface area (Å²) >= 11 is 0. The van der Waals surface area contributed by atoms with Gasteiger partial charge in [0.2, 0.25) is 0 Å². The Bertz CT molecular complexity index is 242. The number of hydrogen-bond acceptors (Lipinski definition) is 3. The van der Waals surface area contributed by atoms with Gasteiger partial charge in [0, 0.05) is 32.6 Å². The van der Waals surface area contributed by atoms with Gasteiger partial charge in [-0.3, -0.25) is 0 Å². The lowest BCUT2D eigenvalue weighted by Gasteiger charge is -2.40. The quantitative estimate of drug-likeness (QED) is 0.702. The fourth-order valence-corrected chi connectivity index (χ4v) is 2.34. The van der Waals surface area contributed by atoms with E-state index in [1.165, 1.54) is 50.6 Å². The van der Waals surface area contributed by atoms with Crippen molar-refractivity contribution in [2.24, 2.45) is 0 Å². The molecule has 0 aromatic heterocycles. The van der Waals surface area contributed by atoms with E-state index >= 15 is 0 Å². The van der Waals surface area contributed by atoms with Crippen LogP contribution >= 0.6 is 0 Å². The lowest BCUT2D eigenvalue weighted by molar-refractivity contribution is 0.126. The van der Waals surface area contributed by atoms with Gasteiger partial charge in [-0.2, -0.15) is 0 Å². The smallest absolute Gasteiger partial charge is 0.115 e. The van der Waals surface area contributed by atoms with Crippen LogP contribution in [0.25, 0.3) is 0 Å². The van der Waals surface area contributed by atoms with Crippen LogP contribution in [0.5, 0.6) is 0 Å². The first-order chi connectivity index (χ1) is 7.35. The van der Waals surface area contributed by atoms with E-state index in [4.69, 9.17) is 4.74 Å². The van der Waals surface area contributed by atoms with Crippen molar-refractivity contribution >= 4 is 0 Å². The molecule has 15 heavy (non-hydrogen) atoms. The lowest BCUT2D eigenvalue weighted by atomic mass is 10.0. The first kappa shape index (κ1) is 10.8. The minimum absolute atomic E-state index is 0.813. The number of rotatable bonds is 4. The van der Waals surface area contributed by atoms with Gasteiger partial charge in [-0.15, -0.1) is 0 Å². The second-order valence-corrected chi connectivity index (χ2v) is 4.22. The molecule has 0 spiro atoms. The molecule has 1 aliphatic carbocycles. The second kappa shape index (κ2) is 4.88. The lowest BCUT2D eigenvalue weighted by Crippen LogP contribution is -2.46. The largest absolute Gasteiger partial charge is 0.496 e. The zero-order chi connectivity index (χ0) is 10.7. The molecule has 3 nitrogen and oxygen atoms in total. The van der Waals surface area contributed by atoms with Gasteiger partial charge in [0.05, 0.1) is 12.3 Å². The molecule has 0 atom stereocenters. The Morgan fingerprint density at radius 1 is 1.07 bits per heavy atom. The first-order valence-corrected chi connectivity index (χ1v) is 6.17. The van der Waals surface area contributed by atoms with Crippen LogP contribution in [-0.4, -0.2) is 49.1 Å². The predicted octanol–water partition coefficient (Wildman–Crippen LogP) is 1.67. The summed E-state index contributed by atoms with van der Waals surface area (Å²) in [5, 5.41) is 0. The van der Waals surface area contributed by atoms with Crippen LogP contribution in [0.2, 0.25) is 0 Å². The second-order valence-electron chi connectivity index (χ2n) is 4.22. The van der Waals surface area contributed by atoms with E-state index in [1.807, 2.05) is 0 Å². The summed E-state index contributed by atoms with van der Waals surface area (Å²) in [6, 6.07) is 0. The molecule has 1 aliphatic heterocycles. The zero-order valence-corrected chi connectivity index (χ0v) is 9.96. The van der Waals surface area contributed by atoms with E-state index in [9.17, 15) is 0 Å². The highest BCUT2D eigenvalue weighted by atomic mass is 16.5. The molecule has 1 saturated heterocycles. The summed E-state index contributed by atoms with van der Waals surface area (Å²) in [5.74, 6) is 1.25. The molecular formula is C12H22N2O. The summed E-state index contributed by atoms with van der Waals surface area (Å²) in [6.07, 6.45) is 2.37. The molecule has 0 radical (unpaired) electrons. The van der Waals surface area contributed by atoms with Gasteiger partial charge in [0.15, 0.2) is 0 Å². The fraction of sp³-hybridized carbons (Fsp3) is 0.833. The third-order valence-corrected chi connectivity index (χ3v) is 3.43. The number of hydrogen-bond donors (Lipinski definition) is 0. The summed E-state index contributed by atoms with van der Waals surface area (Å²) in [4.78, 5) is 5.02. The van der Waals surface area contributed by atoms with Crippen LogP contribution < -0.4 is 0 Å². The molecule has 0 aromatic rings. The highest BCUT2D eigenvalue weighted by molar-refractivity contribution is 5.18. The molecule has 0 saturated carbocycles. The third kappa shape index (κ3) is 2.28. The van der Waals surface area contributed by atoms with E-state index in [-0.39, 0.29) is 0 Å². The van der Waals surface area contributed by atoms with Crippen LogP contribution in [-0.2, 0) is 4.74 Å². The summed E-state index contributed by atoms with van der Waals surface area (Å²) in [6.45, 7) is 11.1. The van der Waals surface area contributed by atoms with Crippen LogP contribution in [0.1, 0.15) is 26.7 Å². The van der Waals surface area contributed by atoms with Crippen LogP contribution in [0.4, 0.5) is 0 Å². The number of piperazine rings is 1. The average molecular weight is 210 g/mol. The van der Waals surface area contributed by atoms with Crippen molar-refractivity contribution in [3.05, 3.63) is 11.5 Å². The maximum Gasteiger partial charge on any atom is 0.115 e. The molecule has 2 rings (SSSR count). The van der Waals surface area contributed by atoms with Gasteiger partial charge in [-0.1, -0.05) is 6.92 Å². The summed E-state index contributed by atoms with van der Waals surface area (Å²) in [7, 11) is 0. The zero-order valence-electron chi connectivity index (χ0n) is 9.96. The normalized spacial score (nSPS) is 22.9. The number of ether oxygens (including phenoxy) is 1. The summed E-state index contributed by atoms with van der Waals surface area (Å²) in [5.41, 5.74) is 1.48. The Morgan fingerprint density at radius 3 is 2.27 bits per heavy atom. The number of nitrogens with zero attached hydrogens (tertiary/aromatic N) is 2. The predicted molar refractivity (Wildman–Crippen MR) is 61.6 cm³/mol.